The molecule has 0 radical (unpaired) electrons. The minimum atomic E-state index is -4.20. The smallest absolute Gasteiger partial charge is 0.357 e. The van der Waals surface area contributed by atoms with Crippen LogP contribution in [0, 0.1) is 5.41 Å². The number of carbonyl (C=O) groups excluding carboxylic acids is 1. The van der Waals surface area contributed by atoms with E-state index in [1.807, 2.05) is 6.92 Å². The summed E-state index contributed by atoms with van der Waals surface area (Å²) >= 11 is 0. The maximum absolute atomic E-state index is 12.5. The molecule has 0 atom stereocenters. The van der Waals surface area contributed by atoms with Crippen molar-refractivity contribution in [2.24, 2.45) is 10.4 Å². The van der Waals surface area contributed by atoms with Gasteiger partial charge in [-0.15, -0.1) is 24.0 Å². The van der Waals surface area contributed by atoms with Crippen LogP contribution in [0.25, 0.3) is 0 Å². The molecule has 0 aromatic heterocycles. The molecule has 0 aromatic rings. The number of amides is 1. The second-order valence-electron chi connectivity index (χ2n) is 6.17. The van der Waals surface area contributed by atoms with E-state index < -0.39 is 18.0 Å². The molecule has 0 aromatic carbocycles. The molecule has 1 aliphatic carbocycles. The van der Waals surface area contributed by atoms with Gasteiger partial charge in [0.05, 0.1) is 18.4 Å². The van der Waals surface area contributed by atoms with Crippen LogP contribution < -0.4 is 10.6 Å². The van der Waals surface area contributed by atoms with Crippen LogP contribution in [0.15, 0.2) is 4.99 Å². The van der Waals surface area contributed by atoms with Crippen molar-refractivity contribution in [1.29, 1.82) is 0 Å². The Kier molecular flexibility index (Phi) is 9.98. The zero-order valence-corrected chi connectivity index (χ0v) is 16.8. The lowest BCUT2D eigenvalue weighted by Crippen LogP contribution is -2.43. The average molecular weight is 464 g/mol. The SMILES string of the molecule is CCNC(=NCC1(C(=O)N(C)C)CCCC1)NCCC(F)(F)F.I. The van der Waals surface area contributed by atoms with Gasteiger partial charge in [-0.1, -0.05) is 12.8 Å². The van der Waals surface area contributed by atoms with Crippen molar-refractivity contribution in [2.45, 2.75) is 45.2 Å². The molecule has 0 aliphatic heterocycles. The van der Waals surface area contributed by atoms with Crippen molar-refractivity contribution < 1.29 is 18.0 Å². The molecule has 0 heterocycles. The number of hydrogen-bond acceptors (Lipinski definition) is 2. The predicted molar refractivity (Wildman–Crippen MR) is 99.7 cm³/mol. The quantitative estimate of drug-likeness (QED) is 0.361. The summed E-state index contributed by atoms with van der Waals surface area (Å²) in [4.78, 5) is 18.4. The van der Waals surface area contributed by atoms with E-state index >= 15 is 0 Å². The van der Waals surface area contributed by atoms with Gasteiger partial charge in [-0.2, -0.15) is 13.2 Å². The minimum Gasteiger partial charge on any atom is -0.357 e. The molecule has 5 nitrogen and oxygen atoms in total. The number of aliphatic imine (C=N–C) groups is 1. The lowest BCUT2D eigenvalue weighted by Gasteiger charge is -2.29. The first-order chi connectivity index (χ1) is 10.7. The van der Waals surface area contributed by atoms with Crippen LogP contribution in [0.1, 0.15) is 39.0 Å². The monoisotopic (exact) mass is 464 g/mol. The van der Waals surface area contributed by atoms with Gasteiger partial charge in [-0.25, -0.2) is 0 Å². The van der Waals surface area contributed by atoms with Crippen molar-refractivity contribution in [2.75, 3.05) is 33.7 Å². The van der Waals surface area contributed by atoms with Crippen LogP contribution in [-0.2, 0) is 4.79 Å². The minimum absolute atomic E-state index is 0. The number of nitrogens with one attached hydrogen (secondary N) is 2. The summed E-state index contributed by atoms with van der Waals surface area (Å²) in [6.07, 6.45) is -1.61. The molecule has 0 spiro atoms. The van der Waals surface area contributed by atoms with Gasteiger partial charge in [0.15, 0.2) is 5.96 Å². The summed E-state index contributed by atoms with van der Waals surface area (Å²) < 4.78 is 36.7. The van der Waals surface area contributed by atoms with Crippen molar-refractivity contribution in [3.63, 3.8) is 0 Å². The molecule has 0 bridgehead atoms. The van der Waals surface area contributed by atoms with Gasteiger partial charge in [0, 0.05) is 27.2 Å². The number of guanidine groups is 1. The highest BCUT2D eigenvalue weighted by Gasteiger charge is 2.42. The highest BCUT2D eigenvalue weighted by Crippen LogP contribution is 2.39. The van der Waals surface area contributed by atoms with Gasteiger partial charge in [0.25, 0.3) is 0 Å². The van der Waals surface area contributed by atoms with Crippen LogP contribution in [0.2, 0.25) is 0 Å². The van der Waals surface area contributed by atoms with Crippen LogP contribution >= 0.6 is 24.0 Å². The Morgan fingerprint density at radius 3 is 2.25 bits per heavy atom. The van der Waals surface area contributed by atoms with E-state index in [2.05, 4.69) is 15.6 Å². The Morgan fingerprint density at radius 1 is 1.21 bits per heavy atom. The number of rotatable bonds is 6. The lowest BCUT2D eigenvalue weighted by molar-refractivity contribution is -0.138. The first-order valence-corrected chi connectivity index (χ1v) is 8.01. The molecule has 24 heavy (non-hydrogen) atoms. The second-order valence-corrected chi connectivity index (χ2v) is 6.17. The van der Waals surface area contributed by atoms with Gasteiger partial charge < -0.3 is 15.5 Å². The summed E-state index contributed by atoms with van der Waals surface area (Å²) in [6, 6.07) is 0. The van der Waals surface area contributed by atoms with Crippen molar-refractivity contribution >= 4 is 35.8 Å². The second kappa shape index (κ2) is 10.3. The third kappa shape index (κ3) is 7.43. The summed E-state index contributed by atoms with van der Waals surface area (Å²) in [5.74, 6) is 0.375. The van der Waals surface area contributed by atoms with Gasteiger partial charge in [-0.05, 0) is 19.8 Å². The van der Waals surface area contributed by atoms with Crippen molar-refractivity contribution in [3.8, 4) is 0 Å². The Balaban J connectivity index is 0.00000529. The van der Waals surface area contributed by atoms with Crippen molar-refractivity contribution in [1.82, 2.24) is 15.5 Å². The standard InChI is InChI=1S/C15H27F3N4O.HI/c1-4-19-13(20-10-9-15(16,17)18)21-11-14(7-5-6-8-14)12(23)22(2)3;/h4-11H2,1-3H3,(H2,19,20,21);1H. The Bertz CT molecular complexity index is 421. The molecular weight excluding hydrogens is 436 g/mol. The lowest BCUT2D eigenvalue weighted by atomic mass is 9.85. The molecule has 1 rings (SSSR count). The number of halogens is 4. The fourth-order valence-electron chi connectivity index (χ4n) is 2.86. The molecule has 2 N–H and O–H groups in total. The Morgan fingerprint density at radius 2 is 1.79 bits per heavy atom. The van der Waals surface area contributed by atoms with Gasteiger partial charge >= 0.3 is 6.18 Å². The average Bonchev–Trinajstić information content (AvgIpc) is 2.92. The van der Waals surface area contributed by atoms with E-state index in [1.165, 1.54) is 0 Å². The summed E-state index contributed by atoms with van der Waals surface area (Å²) in [5, 5.41) is 5.61. The third-order valence-corrected chi connectivity index (χ3v) is 4.01. The molecule has 9 heteroatoms. The number of alkyl halides is 3. The van der Waals surface area contributed by atoms with Crippen LogP contribution in [0.3, 0.4) is 0 Å². The molecule has 0 saturated heterocycles. The largest absolute Gasteiger partial charge is 0.390 e. The van der Waals surface area contributed by atoms with Gasteiger partial charge in [0.1, 0.15) is 0 Å². The predicted octanol–water partition coefficient (Wildman–Crippen LogP) is 2.76. The molecule has 1 fully saturated rings. The fraction of sp³-hybridized carbons (Fsp3) is 0.867. The normalized spacial score (nSPS) is 17.2. The maximum atomic E-state index is 12.5. The molecule has 1 aliphatic rings. The topological polar surface area (TPSA) is 56.7 Å². The number of nitrogens with zero attached hydrogens (tertiary/aromatic N) is 2. The van der Waals surface area contributed by atoms with E-state index in [-0.39, 0.29) is 36.4 Å². The zero-order chi connectivity index (χ0) is 17.5. The Hall–Kier alpha value is -0.740. The Labute approximate surface area is 158 Å². The van der Waals surface area contributed by atoms with E-state index in [0.717, 1.165) is 25.7 Å². The molecule has 1 saturated carbocycles. The van der Waals surface area contributed by atoms with Crippen molar-refractivity contribution in [3.05, 3.63) is 0 Å². The maximum Gasteiger partial charge on any atom is 0.390 e. The van der Waals surface area contributed by atoms with E-state index in [9.17, 15) is 18.0 Å². The first kappa shape index (κ1) is 23.3. The summed E-state index contributed by atoms with van der Waals surface area (Å²) in [5.41, 5.74) is -0.518. The number of hydrogen-bond donors (Lipinski definition) is 2. The summed E-state index contributed by atoms with van der Waals surface area (Å²) in [7, 11) is 3.44. The number of carbonyl (C=O) groups is 1. The zero-order valence-electron chi connectivity index (χ0n) is 14.5. The highest BCUT2D eigenvalue weighted by atomic mass is 127. The van der Waals surface area contributed by atoms with Crippen LogP contribution in [0.4, 0.5) is 13.2 Å². The van der Waals surface area contributed by atoms with Gasteiger partial charge in [-0.3, -0.25) is 9.79 Å². The van der Waals surface area contributed by atoms with E-state index in [0.29, 0.717) is 19.0 Å². The molecule has 1 amide bonds. The third-order valence-electron chi connectivity index (χ3n) is 4.01. The fourth-order valence-corrected chi connectivity index (χ4v) is 2.86. The highest BCUT2D eigenvalue weighted by molar-refractivity contribution is 14.0. The van der Waals surface area contributed by atoms with E-state index in [1.54, 1.807) is 19.0 Å². The first-order valence-electron chi connectivity index (χ1n) is 8.01. The summed E-state index contributed by atoms with van der Waals surface area (Å²) in [6.45, 7) is 2.46. The molecular formula is C15H28F3IN4O. The van der Waals surface area contributed by atoms with Crippen LogP contribution in [-0.4, -0.2) is 56.7 Å². The molecule has 0 unspecified atom stereocenters. The molecule has 142 valence electrons. The van der Waals surface area contributed by atoms with E-state index in [4.69, 9.17) is 0 Å². The van der Waals surface area contributed by atoms with Crippen LogP contribution in [0.5, 0.6) is 0 Å². The van der Waals surface area contributed by atoms with Gasteiger partial charge in [0.2, 0.25) is 5.91 Å².